The first-order chi connectivity index (χ1) is 12.6. The van der Waals surface area contributed by atoms with Gasteiger partial charge in [0.1, 0.15) is 0 Å². The monoisotopic (exact) mass is 372 g/mol. The maximum Gasteiger partial charge on any atom is 0.317 e. The molecule has 2 aromatic rings. The van der Waals surface area contributed by atoms with Gasteiger partial charge >= 0.3 is 6.03 Å². The molecule has 0 bridgehead atoms. The van der Waals surface area contributed by atoms with Crippen molar-refractivity contribution in [3.05, 3.63) is 52.0 Å². The van der Waals surface area contributed by atoms with Crippen molar-refractivity contribution in [1.29, 1.82) is 0 Å². The van der Waals surface area contributed by atoms with Crippen LogP contribution in [-0.4, -0.2) is 53.5 Å². The Balaban J connectivity index is 1.37. The molecule has 0 aliphatic carbocycles. The number of amides is 2. The standard InChI is InChI=1S/C20H28N4OS/c1-16-15-26-19(22-16)9-6-11-21-20(25)23(2)18-10-12-24(14-18)13-17-7-4-3-5-8-17/h3-5,7-8,15,18H,6,9-14H2,1-2H3,(H,21,25)/t18-/m1/s1. The molecular weight excluding hydrogens is 344 g/mol. The average molecular weight is 373 g/mol. The summed E-state index contributed by atoms with van der Waals surface area (Å²) in [6.45, 7) is 5.65. The van der Waals surface area contributed by atoms with E-state index in [2.05, 4.69) is 44.8 Å². The number of hydrogen-bond acceptors (Lipinski definition) is 4. The van der Waals surface area contributed by atoms with E-state index < -0.39 is 0 Å². The highest BCUT2D eigenvalue weighted by Crippen LogP contribution is 2.17. The van der Waals surface area contributed by atoms with Crippen molar-refractivity contribution in [2.45, 2.75) is 38.8 Å². The number of rotatable bonds is 7. The highest BCUT2D eigenvalue weighted by molar-refractivity contribution is 7.09. The predicted octanol–water partition coefficient (Wildman–Crippen LogP) is 3.30. The summed E-state index contributed by atoms with van der Waals surface area (Å²) in [5.74, 6) is 0. The summed E-state index contributed by atoms with van der Waals surface area (Å²) >= 11 is 1.70. The van der Waals surface area contributed by atoms with Crippen molar-refractivity contribution >= 4 is 17.4 Å². The Bertz CT molecular complexity index is 703. The van der Waals surface area contributed by atoms with Gasteiger partial charge in [0.15, 0.2) is 0 Å². The minimum Gasteiger partial charge on any atom is -0.338 e. The number of carbonyl (C=O) groups excluding carboxylic acids is 1. The third-order valence-electron chi connectivity index (χ3n) is 4.87. The number of aryl methyl sites for hydroxylation is 2. The summed E-state index contributed by atoms with van der Waals surface area (Å²) in [6, 6.07) is 10.9. The van der Waals surface area contributed by atoms with Gasteiger partial charge in [0.25, 0.3) is 0 Å². The molecular formula is C20H28N4OS. The van der Waals surface area contributed by atoms with Gasteiger partial charge in [0.05, 0.1) is 5.01 Å². The number of likely N-dealkylation sites (N-methyl/N-ethyl adjacent to an activating group) is 1. The normalized spacial score (nSPS) is 17.4. The molecule has 3 rings (SSSR count). The fourth-order valence-electron chi connectivity index (χ4n) is 3.36. The van der Waals surface area contributed by atoms with E-state index in [0.29, 0.717) is 12.6 Å². The molecule has 1 aliphatic rings. The zero-order chi connectivity index (χ0) is 18.4. The van der Waals surface area contributed by atoms with Gasteiger partial charge in [-0.2, -0.15) is 0 Å². The van der Waals surface area contributed by atoms with E-state index in [9.17, 15) is 4.79 Å². The van der Waals surface area contributed by atoms with Crippen LogP contribution in [0.4, 0.5) is 4.79 Å². The maximum atomic E-state index is 12.4. The van der Waals surface area contributed by atoms with Crippen LogP contribution in [0.1, 0.15) is 29.1 Å². The Kier molecular flexibility index (Phi) is 6.63. The molecule has 6 heteroatoms. The van der Waals surface area contributed by atoms with E-state index in [-0.39, 0.29) is 6.03 Å². The van der Waals surface area contributed by atoms with Crippen LogP contribution in [0.3, 0.4) is 0 Å². The molecule has 2 heterocycles. The second-order valence-electron chi connectivity index (χ2n) is 6.99. The second kappa shape index (κ2) is 9.14. The smallest absolute Gasteiger partial charge is 0.317 e. The SMILES string of the molecule is Cc1csc(CCCNC(=O)N(C)[C@@H]2CCN(Cc3ccccc3)C2)n1. The van der Waals surface area contributed by atoms with E-state index in [1.54, 1.807) is 11.3 Å². The topological polar surface area (TPSA) is 48.5 Å². The van der Waals surface area contributed by atoms with Crippen molar-refractivity contribution in [3.63, 3.8) is 0 Å². The number of aromatic nitrogens is 1. The molecule has 1 aromatic carbocycles. The number of hydrogen-bond donors (Lipinski definition) is 1. The van der Waals surface area contributed by atoms with Crippen LogP contribution < -0.4 is 5.32 Å². The number of thiazole rings is 1. The van der Waals surface area contributed by atoms with Crippen LogP contribution in [0, 0.1) is 6.92 Å². The molecule has 140 valence electrons. The molecule has 1 atom stereocenters. The Labute approximate surface area is 160 Å². The van der Waals surface area contributed by atoms with E-state index in [0.717, 1.165) is 49.6 Å². The molecule has 26 heavy (non-hydrogen) atoms. The number of likely N-dealkylation sites (tertiary alicyclic amines) is 1. The maximum absolute atomic E-state index is 12.4. The van der Waals surface area contributed by atoms with Crippen molar-refractivity contribution in [1.82, 2.24) is 20.1 Å². The van der Waals surface area contributed by atoms with Gasteiger partial charge in [-0.05, 0) is 25.3 Å². The molecule has 1 fully saturated rings. The lowest BCUT2D eigenvalue weighted by Gasteiger charge is -2.25. The van der Waals surface area contributed by atoms with Gasteiger partial charge in [0, 0.05) is 56.8 Å². The minimum atomic E-state index is 0.0341. The number of urea groups is 1. The highest BCUT2D eigenvalue weighted by Gasteiger charge is 2.28. The van der Waals surface area contributed by atoms with Crippen molar-refractivity contribution < 1.29 is 4.79 Å². The van der Waals surface area contributed by atoms with Crippen LogP contribution in [-0.2, 0) is 13.0 Å². The molecule has 5 nitrogen and oxygen atoms in total. The lowest BCUT2D eigenvalue weighted by molar-refractivity contribution is 0.188. The van der Waals surface area contributed by atoms with Gasteiger partial charge in [-0.1, -0.05) is 30.3 Å². The Morgan fingerprint density at radius 3 is 2.92 bits per heavy atom. The van der Waals surface area contributed by atoms with Crippen LogP contribution >= 0.6 is 11.3 Å². The molecule has 1 N–H and O–H groups in total. The minimum absolute atomic E-state index is 0.0341. The van der Waals surface area contributed by atoms with Crippen LogP contribution in [0.2, 0.25) is 0 Å². The van der Waals surface area contributed by atoms with Crippen molar-refractivity contribution in [2.75, 3.05) is 26.7 Å². The van der Waals surface area contributed by atoms with Gasteiger partial charge < -0.3 is 10.2 Å². The van der Waals surface area contributed by atoms with Gasteiger partial charge in [-0.25, -0.2) is 9.78 Å². The Morgan fingerprint density at radius 1 is 1.38 bits per heavy atom. The molecule has 2 amide bonds. The van der Waals surface area contributed by atoms with Crippen LogP contribution in [0.15, 0.2) is 35.7 Å². The highest BCUT2D eigenvalue weighted by atomic mass is 32.1. The number of nitrogens with zero attached hydrogens (tertiary/aromatic N) is 3. The van der Waals surface area contributed by atoms with Crippen LogP contribution in [0.5, 0.6) is 0 Å². The molecule has 0 saturated carbocycles. The molecule has 0 spiro atoms. The molecule has 0 unspecified atom stereocenters. The van der Waals surface area contributed by atoms with E-state index >= 15 is 0 Å². The zero-order valence-corrected chi connectivity index (χ0v) is 16.5. The van der Waals surface area contributed by atoms with Crippen LogP contribution in [0.25, 0.3) is 0 Å². The Hall–Kier alpha value is -1.92. The summed E-state index contributed by atoms with van der Waals surface area (Å²) < 4.78 is 0. The predicted molar refractivity (Wildman–Crippen MR) is 106 cm³/mol. The number of benzene rings is 1. The van der Waals surface area contributed by atoms with Crippen molar-refractivity contribution in [3.8, 4) is 0 Å². The van der Waals surface area contributed by atoms with E-state index in [1.165, 1.54) is 5.56 Å². The lowest BCUT2D eigenvalue weighted by atomic mass is 10.2. The zero-order valence-electron chi connectivity index (χ0n) is 15.6. The summed E-state index contributed by atoms with van der Waals surface area (Å²) in [5.41, 5.74) is 2.41. The molecule has 1 saturated heterocycles. The Morgan fingerprint density at radius 2 is 2.19 bits per heavy atom. The second-order valence-corrected chi connectivity index (χ2v) is 7.93. The fraction of sp³-hybridized carbons (Fsp3) is 0.500. The van der Waals surface area contributed by atoms with Crippen molar-refractivity contribution in [2.24, 2.45) is 0 Å². The molecule has 1 aliphatic heterocycles. The summed E-state index contributed by atoms with van der Waals surface area (Å²) in [7, 11) is 1.91. The quantitative estimate of drug-likeness (QED) is 0.759. The largest absolute Gasteiger partial charge is 0.338 e. The van der Waals surface area contributed by atoms with Gasteiger partial charge in [-0.15, -0.1) is 11.3 Å². The molecule has 0 radical (unpaired) electrons. The fourth-order valence-corrected chi connectivity index (χ4v) is 4.17. The first-order valence-corrected chi connectivity index (χ1v) is 10.2. The summed E-state index contributed by atoms with van der Waals surface area (Å²) in [6.07, 6.45) is 2.89. The first kappa shape index (κ1) is 18.9. The number of nitrogens with one attached hydrogen (secondary N) is 1. The average Bonchev–Trinajstić information content (AvgIpc) is 3.28. The van der Waals surface area contributed by atoms with Gasteiger partial charge in [0.2, 0.25) is 0 Å². The van der Waals surface area contributed by atoms with E-state index in [4.69, 9.17) is 0 Å². The summed E-state index contributed by atoms with van der Waals surface area (Å²) in [4.78, 5) is 21.2. The van der Waals surface area contributed by atoms with E-state index in [1.807, 2.05) is 24.9 Å². The third kappa shape index (κ3) is 5.29. The first-order valence-electron chi connectivity index (χ1n) is 9.30. The van der Waals surface area contributed by atoms with Gasteiger partial charge in [-0.3, -0.25) is 4.90 Å². The summed E-state index contributed by atoms with van der Waals surface area (Å²) in [5, 5.41) is 6.27. The molecule has 1 aromatic heterocycles. The lowest BCUT2D eigenvalue weighted by Crippen LogP contribution is -2.45. The third-order valence-corrected chi connectivity index (χ3v) is 5.90. The number of carbonyl (C=O) groups is 1.